The number of ether oxygens (including phenoxy) is 2. The normalized spacial score (nSPS) is 24.1. The summed E-state index contributed by atoms with van der Waals surface area (Å²) in [6.07, 6.45) is 0.429. The third kappa shape index (κ3) is 11.2. The Kier molecular flexibility index (Phi) is 14.7. The number of hydrogen-bond donors (Lipinski definition) is 2. The van der Waals surface area contributed by atoms with Crippen LogP contribution in [0.15, 0.2) is 97.1 Å². The van der Waals surface area contributed by atoms with Gasteiger partial charge < -0.3 is 29.5 Å². The fourth-order valence-electron chi connectivity index (χ4n) is 7.66. The number of amides is 2. The van der Waals surface area contributed by atoms with E-state index in [9.17, 15) is 29.4 Å². The fourth-order valence-corrected chi connectivity index (χ4v) is 8.31. The van der Waals surface area contributed by atoms with E-state index in [2.05, 4.69) is 0 Å². The van der Waals surface area contributed by atoms with Gasteiger partial charge in [0.25, 0.3) is 11.8 Å². The van der Waals surface area contributed by atoms with Gasteiger partial charge in [-0.1, -0.05) is 102 Å². The van der Waals surface area contributed by atoms with Crippen LogP contribution >= 0.6 is 46.4 Å². The van der Waals surface area contributed by atoms with E-state index in [4.69, 9.17) is 55.9 Å². The van der Waals surface area contributed by atoms with Crippen LogP contribution in [0.3, 0.4) is 0 Å². The second-order valence-electron chi connectivity index (χ2n) is 15.3. The molecular formula is C45H46Cl4N2O8. The summed E-state index contributed by atoms with van der Waals surface area (Å²) in [5, 5.41) is 20.9. The minimum absolute atomic E-state index is 0. The maximum absolute atomic E-state index is 13.2. The quantitative estimate of drug-likeness (QED) is 0.144. The van der Waals surface area contributed by atoms with Gasteiger partial charge in [-0.3, -0.25) is 19.2 Å². The van der Waals surface area contributed by atoms with Crippen LogP contribution in [0.4, 0.5) is 0 Å². The molecule has 4 aromatic carbocycles. The van der Waals surface area contributed by atoms with Crippen molar-refractivity contribution in [3.8, 4) is 0 Å². The van der Waals surface area contributed by atoms with E-state index in [1.807, 2.05) is 48.5 Å². The molecular weight excluding hydrogens is 838 g/mol. The fraction of sp³-hybridized carbons (Fsp3) is 0.378. The summed E-state index contributed by atoms with van der Waals surface area (Å²) < 4.78 is 12.2. The predicted octanol–water partition coefficient (Wildman–Crippen LogP) is 10.4. The lowest BCUT2D eigenvalue weighted by Gasteiger charge is -2.45. The highest BCUT2D eigenvalue weighted by molar-refractivity contribution is 6.31. The van der Waals surface area contributed by atoms with E-state index in [1.54, 1.807) is 58.3 Å². The number of nitrogens with zero attached hydrogens (tertiary/aromatic N) is 2. The average Bonchev–Trinajstić information content (AvgIpc) is 4.13. The Balaban J connectivity index is 0.000000195. The van der Waals surface area contributed by atoms with Gasteiger partial charge >= 0.3 is 11.9 Å². The van der Waals surface area contributed by atoms with Gasteiger partial charge in [0.15, 0.2) is 0 Å². The van der Waals surface area contributed by atoms with Crippen molar-refractivity contribution in [3.63, 3.8) is 0 Å². The number of carbonyl (C=O) groups is 4. The molecule has 14 heteroatoms. The number of carboxylic acids is 2. The number of benzene rings is 4. The summed E-state index contributed by atoms with van der Waals surface area (Å²) in [4.78, 5) is 52.7. The standard InChI is InChI=1S/2C22H21Cl2NO4.CH4/c2*23-16-8-6-14(7-9-16)20-21(15-2-1-3-17(24)10-15)29-18(11-19(26)27)22(28)25(20)12-13-4-5-13;/h2*1-3,6-10,13,18,20-21H,4-5,11-12H2,(H,26,27);1H4/t2*18-,20+,21-;/m10./s1. The first-order chi connectivity index (χ1) is 27.8. The first-order valence-corrected chi connectivity index (χ1v) is 20.7. The van der Waals surface area contributed by atoms with Gasteiger partial charge in [-0.15, -0.1) is 0 Å². The molecule has 2 saturated carbocycles. The van der Waals surface area contributed by atoms with Crippen LogP contribution in [0, 0.1) is 11.8 Å². The molecule has 2 saturated heterocycles. The monoisotopic (exact) mass is 882 g/mol. The molecule has 2 amide bonds. The molecule has 0 spiro atoms. The second-order valence-corrected chi connectivity index (χ2v) is 17.0. The van der Waals surface area contributed by atoms with Gasteiger partial charge in [0.1, 0.15) is 24.4 Å². The van der Waals surface area contributed by atoms with Crippen molar-refractivity contribution in [2.75, 3.05) is 13.1 Å². The van der Waals surface area contributed by atoms with E-state index < -0.39 is 36.4 Å². The molecule has 59 heavy (non-hydrogen) atoms. The van der Waals surface area contributed by atoms with Crippen LogP contribution < -0.4 is 0 Å². The molecule has 2 heterocycles. The highest BCUT2D eigenvalue weighted by Crippen LogP contribution is 2.47. The van der Waals surface area contributed by atoms with Crippen LogP contribution in [-0.2, 0) is 28.7 Å². The molecule has 2 aliphatic heterocycles. The minimum atomic E-state index is -1.07. The molecule has 4 aliphatic rings. The number of morpholine rings is 2. The first kappa shape index (κ1) is 44.4. The highest BCUT2D eigenvalue weighted by atomic mass is 35.5. The molecule has 4 aromatic rings. The third-order valence-electron chi connectivity index (χ3n) is 10.8. The van der Waals surface area contributed by atoms with Gasteiger partial charge in [-0.05, 0) is 108 Å². The van der Waals surface area contributed by atoms with E-state index in [-0.39, 0.29) is 44.2 Å². The van der Waals surface area contributed by atoms with E-state index >= 15 is 0 Å². The van der Waals surface area contributed by atoms with E-state index in [0.717, 1.165) is 47.9 Å². The molecule has 6 atom stereocenters. The molecule has 2 aliphatic carbocycles. The van der Waals surface area contributed by atoms with Gasteiger partial charge in [0.2, 0.25) is 0 Å². The van der Waals surface area contributed by atoms with Gasteiger partial charge in [0, 0.05) is 33.2 Å². The number of aliphatic carboxylic acids is 2. The first-order valence-electron chi connectivity index (χ1n) is 19.2. The largest absolute Gasteiger partial charge is 0.481 e. The zero-order chi connectivity index (χ0) is 41.1. The van der Waals surface area contributed by atoms with Crippen molar-refractivity contribution < 1.29 is 38.9 Å². The van der Waals surface area contributed by atoms with Crippen molar-refractivity contribution in [2.45, 2.75) is 82.5 Å². The smallest absolute Gasteiger partial charge is 0.306 e. The molecule has 2 N–H and O–H groups in total. The van der Waals surface area contributed by atoms with Crippen molar-refractivity contribution in [1.82, 2.24) is 9.80 Å². The maximum Gasteiger partial charge on any atom is 0.306 e. The number of carboxylic acid groups (broad SMARTS) is 2. The molecule has 10 nitrogen and oxygen atoms in total. The van der Waals surface area contributed by atoms with Crippen LogP contribution in [0.1, 0.15) is 92.5 Å². The van der Waals surface area contributed by atoms with Crippen molar-refractivity contribution in [2.24, 2.45) is 11.8 Å². The van der Waals surface area contributed by atoms with Crippen LogP contribution in [0.5, 0.6) is 0 Å². The second kappa shape index (κ2) is 19.5. The average molecular weight is 885 g/mol. The third-order valence-corrected chi connectivity index (χ3v) is 11.8. The lowest BCUT2D eigenvalue weighted by molar-refractivity contribution is -0.179. The van der Waals surface area contributed by atoms with Gasteiger partial charge in [0.05, 0.1) is 24.9 Å². The summed E-state index contributed by atoms with van der Waals surface area (Å²) >= 11 is 24.6. The highest BCUT2D eigenvalue weighted by Gasteiger charge is 2.48. The molecule has 4 fully saturated rings. The zero-order valence-electron chi connectivity index (χ0n) is 31.3. The lowest BCUT2D eigenvalue weighted by Crippen LogP contribution is -2.52. The number of carbonyl (C=O) groups excluding carboxylic acids is 2. The van der Waals surface area contributed by atoms with Crippen LogP contribution in [0.25, 0.3) is 0 Å². The lowest BCUT2D eigenvalue weighted by atomic mass is 9.91. The molecule has 312 valence electrons. The molecule has 0 radical (unpaired) electrons. The van der Waals surface area contributed by atoms with Gasteiger partial charge in [-0.2, -0.15) is 0 Å². The number of rotatable bonds is 12. The zero-order valence-corrected chi connectivity index (χ0v) is 34.3. The summed E-state index contributed by atoms with van der Waals surface area (Å²) in [5.41, 5.74) is 3.39. The minimum Gasteiger partial charge on any atom is -0.481 e. The Bertz CT molecular complexity index is 1980. The maximum atomic E-state index is 13.2. The summed E-state index contributed by atoms with van der Waals surface area (Å²) in [7, 11) is 0. The summed E-state index contributed by atoms with van der Waals surface area (Å²) in [6.45, 7) is 1.17. The number of hydrogen-bond acceptors (Lipinski definition) is 6. The van der Waals surface area contributed by atoms with E-state index in [1.165, 1.54) is 0 Å². The summed E-state index contributed by atoms with van der Waals surface area (Å²) in [5.74, 6) is -1.81. The molecule has 0 unspecified atom stereocenters. The Morgan fingerprint density at radius 1 is 0.542 bits per heavy atom. The SMILES string of the molecule is C.O=C(O)C[C@@H]1O[C@@H](c2cccc(Cl)c2)[C@@H](c2ccc(Cl)cc2)N(CC2CC2)C1=O.O=C(O)C[C@H]1O[C@H](c2cccc(Cl)c2)[C@H](c2ccc(Cl)cc2)N(CC2CC2)C1=O. The topological polar surface area (TPSA) is 134 Å². The van der Waals surface area contributed by atoms with Gasteiger partial charge in [-0.25, -0.2) is 0 Å². The Morgan fingerprint density at radius 2 is 0.898 bits per heavy atom. The predicted molar refractivity (Wildman–Crippen MR) is 227 cm³/mol. The number of halogens is 4. The Labute approximate surface area is 363 Å². The molecule has 0 bridgehead atoms. The van der Waals surface area contributed by atoms with Crippen LogP contribution in [-0.4, -0.2) is 69.1 Å². The van der Waals surface area contributed by atoms with Crippen molar-refractivity contribution in [3.05, 3.63) is 139 Å². The van der Waals surface area contributed by atoms with Crippen molar-refractivity contribution >= 4 is 70.2 Å². The Hall–Kier alpha value is -4.16. The molecule has 8 rings (SSSR count). The summed E-state index contributed by atoms with van der Waals surface area (Å²) in [6, 6.07) is 28.5. The van der Waals surface area contributed by atoms with Crippen molar-refractivity contribution in [1.29, 1.82) is 0 Å². The van der Waals surface area contributed by atoms with E-state index in [0.29, 0.717) is 45.0 Å². The van der Waals surface area contributed by atoms with Crippen LogP contribution in [0.2, 0.25) is 20.1 Å². The Morgan fingerprint density at radius 3 is 1.20 bits per heavy atom. The molecule has 0 aromatic heterocycles.